The van der Waals surface area contributed by atoms with Gasteiger partial charge in [0, 0.05) is 12.4 Å². The van der Waals surface area contributed by atoms with Gasteiger partial charge in [-0.05, 0) is 18.6 Å². The van der Waals surface area contributed by atoms with Gasteiger partial charge in [0.1, 0.15) is 4.32 Å². The van der Waals surface area contributed by atoms with Crippen molar-refractivity contribution >= 4 is 52.2 Å². The van der Waals surface area contributed by atoms with Gasteiger partial charge in [-0.3, -0.25) is 9.69 Å². The molecule has 1 saturated heterocycles. The van der Waals surface area contributed by atoms with Crippen molar-refractivity contribution in [1.82, 2.24) is 4.90 Å². The molecule has 0 spiro atoms. The highest BCUT2D eigenvalue weighted by atomic mass is 32.2. The van der Waals surface area contributed by atoms with Crippen LogP contribution in [0.2, 0.25) is 0 Å². The van der Waals surface area contributed by atoms with Crippen LogP contribution in [-0.2, 0) is 14.4 Å². The maximum absolute atomic E-state index is 12.4. The van der Waals surface area contributed by atoms with Crippen LogP contribution in [0, 0.1) is 6.92 Å². The third-order valence-corrected chi connectivity index (χ3v) is 4.47. The zero-order chi connectivity index (χ0) is 17.1. The molecule has 0 aromatic heterocycles. The number of carbonyl (C=O) groups is 3. The summed E-state index contributed by atoms with van der Waals surface area (Å²) in [6.07, 6.45) is 0.691. The van der Waals surface area contributed by atoms with Crippen LogP contribution < -0.4 is 10.2 Å². The lowest BCUT2D eigenvalue weighted by Crippen LogP contribution is -2.52. The monoisotopic (exact) mass is 349 g/mol. The topological polar surface area (TPSA) is 101 Å². The van der Waals surface area contributed by atoms with Gasteiger partial charge < -0.3 is 19.8 Å². The minimum Gasteiger partial charge on any atom is -0.550 e. The fourth-order valence-electron chi connectivity index (χ4n) is 2.00. The maximum atomic E-state index is 12.4. The molecule has 8 heteroatoms. The van der Waals surface area contributed by atoms with Crippen molar-refractivity contribution in [2.24, 2.45) is 0 Å². The van der Waals surface area contributed by atoms with E-state index in [4.69, 9.17) is 12.2 Å². The number of carbonyl (C=O) groups excluding carboxylic acids is 3. The Morgan fingerprint density at radius 2 is 1.91 bits per heavy atom. The molecule has 1 atom stereocenters. The normalized spacial score (nSPS) is 17.6. The summed E-state index contributed by atoms with van der Waals surface area (Å²) in [6, 6.07) is 5.66. The molecule has 1 fully saturated rings. The van der Waals surface area contributed by atoms with Crippen molar-refractivity contribution in [3.8, 4) is 0 Å². The minimum atomic E-state index is -1.69. The van der Waals surface area contributed by atoms with E-state index in [-0.39, 0.29) is 9.23 Å². The number of hydrogen-bond acceptors (Lipinski definition) is 7. The van der Waals surface area contributed by atoms with Gasteiger partial charge in [0.2, 0.25) is 0 Å². The van der Waals surface area contributed by atoms with Crippen LogP contribution in [0.3, 0.4) is 0 Å². The van der Waals surface area contributed by atoms with Crippen LogP contribution >= 0.6 is 24.0 Å². The van der Waals surface area contributed by atoms with Crippen LogP contribution in [0.25, 0.3) is 6.08 Å². The smallest absolute Gasteiger partial charge is 0.266 e. The number of aliphatic carboxylic acids is 2. The van der Waals surface area contributed by atoms with E-state index in [0.29, 0.717) is 0 Å². The van der Waals surface area contributed by atoms with Crippen molar-refractivity contribution in [2.45, 2.75) is 19.4 Å². The summed E-state index contributed by atoms with van der Waals surface area (Å²) in [4.78, 5) is 35.2. The summed E-state index contributed by atoms with van der Waals surface area (Å²) in [5, 5.41) is 21.8. The molecule has 0 unspecified atom stereocenters. The summed E-state index contributed by atoms with van der Waals surface area (Å²) < 4.78 is -0.0242. The van der Waals surface area contributed by atoms with E-state index in [2.05, 4.69) is 0 Å². The predicted octanol–water partition coefficient (Wildman–Crippen LogP) is -0.545. The number of hydrogen-bond donors (Lipinski definition) is 0. The van der Waals surface area contributed by atoms with Crippen molar-refractivity contribution in [3.05, 3.63) is 40.3 Å². The molecule has 6 nitrogen and oxygen atoms in total. The lowest BCUT2D eigenvalue weighted by Gasteiger charge is -2.27. The Balaban J connectivity index is 2.30. The summed E-state index contributed by atoms with van der Waals surface area (Å²) in [5.74, 6) is -3.95. The first kappa shape index (κ1) is 17.2. The van der Waals surface area contributed by atoms with Gasteiger partial charge in [0.05, 0.1) is 16.9 Å². The van der Waals surface area contributed by atoms with Crippen LogP contribution in [0.4, 0.5) is 0 Å². The lowest BCUT2D eigenvalue weighted by atomic mass is 10.1. The standard InChI is InChI=1S/C15H13NO5S2/c1-8-2-4-9(5-3-8)6-11-13(19)16(15(22)23-11)10(14(20)21)7-12(17)18/h2-6,10H,7H2,1H3,(H,17,18)(H,20,21)/p-2/b11-6-/t10-/m0/s1. The number of carboxylic acid groups (broad SMARTS) is 2. The van der Waals surface area contributed by atoms with Crippen LogP contribution in [0.1, 0.15) is 17.5 Å². The number of rotatable bonds is 5. The maximum Gasteiger partial charge on any atom is 0.266 e. The molecule has 1 aliphatic rings. The largest absolute Gasteiger partial charge is 0.550 e. The third kappa shape index (κ3) is 3.96. The average molecular weight is 349 g/mol. The highest BCUT2D eigenvalue weighted by molar-refractivity contribution is 8.26. The van der Waals surface area contributed by atoms with Crippen LogP contribution in [-0.4, -0.2) is 33.1 Å². The number of nitrogens with zero attached hydrogens (tertiary/aromatic N) is 1. The second kappa shape index (κ2) is 6.93. The van der Waals surface area contributed by atoms with E-state index in [0.717, 1.165) is 27.8 Å². The van der Waals surface area contributed by atoms with E-state index < -0.39 is 30.3 Å². The van der Waals surface area contributed by atoms with Gasteiger partial charge >= 0.3 is 0 Å². The lowest BCUT2D eigenvalue weighted by molar-refractivity contribution is -0.319. The second-order valence-electron chi connectivity index (χ2n) is 4.87. The number of thioether (sulfide) groups is 1. The molecule has 0 N–H and O–H groups in total. The molecule has 1 aromatic rings. The molecule has 1 aliphatic heterocycles. The number of amides is 1. The summed E-state index contributed by atoms with van der Waals surface area (Å²) in [5.41, 5.74) is 1.81. The molecule has 23 heavy (non-hydrogen) atoms. The minimum absolute atomic E-state index is 0.0242. The van der Waals surface area contributed by atoms with Gasteiger partial charge in [-0.15, -0.1) is 0 Å². The molecule has 0 saturated carbocycles. The van der Waals surface area contributed by atoms with Crippen LogP contribution in [0.5, 0.6) is 0 Å². The van der Waals surface area contributed by atoms with Gasteiger partial charge in [-0.25, -0.2) is 0 Å². The van der Waals surface area contributed by atoms with Crippen molar-refractivity contribution in [2.75, 3.05) is 0 Å². The van der Waals surface area contributed by atoms with Gasteiger partial charge in [-0.1, -0.05) is 53.8 Å². The first-order valence-corrected chi connectivity index (χ1v) is 7.76. The number of carboxylic acids is 2. The highest BCUT2D eigenvalue weighted by Gasteiger charge is 2.37. The van der Waals surface area contributed by atoms with Gasteiger partial charge in [0.25, 0.3) is 5.91 Å². The van der Waals surface area contributed by atoms with Crippen molar-refractivity contribution < 1.29 is 24.6 Å². The highest BCUT2D eigenvalue weighted by Crippen LogP contribution is 2.34. The molecule has 1 heterocycles. The zero-order valence-corrected chi connectivity index (χ0v) is 13.6. The van der Waals surface area contributed by atoms with Gasteiger partial charge in [-0.2, -0.15) is 0 Å². The van der Waals surface area contributed by atoms with Gasteiger partial charge in [0.15, 0.2) is 0 Å². The Hall–Kier alpha value is -2.19. The molecule has 120 valence electrons. The quantitative estimate of drug-likeness (QED) is 0.519. The van der Waals surface area contributed by atoms with E-state index >= 15 is 0 Å². The fraction of sp³-hybridized carbons (Fsp3) is 0.200. The molecule has 2 rings (SSSR count). The first-order valence-electron chi connectivity index (χ1n) is 6.54. The Labute approximate surface area is 141 Å². The Kier molecular flexibility index (Phi) is 5.17. The number of thiocarbonyl (C=S) groups is 1. The summed E-state index contributed by atoms with van der Waals surface area (Å²) in [6.45, 7) is 1.92. The van der Waals surface area contributed by atoms with Crippen molar-refractivity contribution in [1.29, 1.82) is 0 Å². The molecular formula is C15H11NO5S2-2. The number of aryl methyl sites for hydroxylation is 1. The molecule has 1 amide bonds. The predicted molar refractivity (Wildman–Crippen MR) is 84.6 cm³/mol. The summed E-state index contributed by atoms with van der Waals surface area (Å²) >= 11 is 5.92. The summed E-state index contributed by atoms with van der Waals surface area (Å²) in [7, 11) is 0. The Bertz CT molecular complexity index is 711. The van der Waals surface area contributed by atoms with E-state index in [1.54, 1.807) is 18.2 Å². The van der Waals surface area contributed by atoms with Crippen molar-refractivity contribution in [3.63, 3.8) is 0 Å². The molecule has 0 aliphatic carbocycles. The first-order chi connectivity index (χ1) is 10.8. The zero-order valence-electron chi connectivity index (χ0n) is 12.0. The van der Waals surface area contributed by atoms with Crippen LogP contribution in [0.15, 0.2) is 29.2 Å². The Morgan fingerprint density at radius 3 is 2.43 bits per heavy atom. The molecule has 1 aromatic carbocycles. The molecule has 0 radical (unpaired) electrons. The van der Waals surface area contributed by atoms with E-state index in [9.17, 15) is 24.6 Å². The SMILES string of the molecule is Cc1ccc(/C=C2\SC(=S)N([C@@H](CC(=O)[O-])C(=O)[O-])C2=O)cc1. The Morgan fingerprint density at radius 1 is 1.30 bits per heavy atom. The van der Waals surface area contributed by atoms with E-state index in [1.807, 2.05) is 19.1 Å². The second-order valence-corrected chi connectivity index (χ2v) is 6.55. The molecule has 0 bridgehead atoms. The number of benzene rings is 1. The third-order valence-electron chi connectivity index (χ3n) is 3.14. The average Bonchev–Trinajstić information content (AvgIpc) is 2.73. The molecular weight excluding hydrogens is 338 g/mol. The fourth-order valence-corrected chi connectivity index (χ4v) is 3.36. The van der Waals surface area contributed by atoms with E-state index in [1.165, 1.54) is 0 Å².